The van der Waals surface area contributed by atoms with Gasteiger partial charge in [0.1, 0.15) is 0 Å². The van der Waals surface area contributed by atoms with Crippen LogP contribution in [0.4, 0.5) is 0 Å². The molecule has 0 spiro atoms. The SMILES string of the molecule is N#Cc1ccnc(-c2cccc(-c3ccc4c5c6ccccc6ccc5n(-c5ccccc5)c4c3)c2)c1. The van der Waals surface area contributed by atoms with E-state index in [0.29, 0.717) is 5.56 Å². The number of pyridine rings is 1. The Bertz CT molecular complexity index is 1990. The summed E-state index contributed by atoms with van der Waals surface area (Å²) in [6.07, 6.45) is 1.69. The van der Waals surface area contributed by atoms with E-state index in [4.69, 9.17) is 0 Å². The van der Waals surface area contributed by atoms with Crippen LogP contribution in [0.5, 0.6) is 0 Å². The van der Waals surface area contributed by atoms with Crippen LogP contribution in [0, 0.1) is 11.3 Å². The van der Waals surface area contributed by atoms with Gasteiger partial charge >= 0.3 is 0 Å². The van der Waals surface area contributed by atoms with Gasteiger partial charge in [-0.2, -0.15) is 5.26 Å². The van der Waals surface area contributed by atoms with Crippen LogP contribution < -0.4 is 0 Å². The fourth-order valence-corrected chi connectivity index (χ4v) is 5.34. The number of para-hydroxylation sites is 1. The molecule has 0 aliphatic heterocycles. The predicted molar refractivity (Wildman–Crippen MR) is 152 cm³/mol. The summed E-state index contributed by atoms with van der Waals surface area (Å²) < 4.78 is 2.36. The fraction of sp³-hybridized carbons (Fsp3) is 0. The highest BCUT2D eigenvalue weighted by atomic mass is 15.0. The molecule has 7 aromatic rings. The summed E-state index contributed by atoms with van der Waals surface area (Å²) in [5.41, 5.74) is 8.15. The highest BCUT2D eigenvalue weighted by Gasteiger charge is 2.16. The number of nitriles is 1. The van der Waals surface area contributed by atoms with E-state index in [9.17, 15) is 5.26 Å². The molecule has 0 bridgehead atoms. The maximum absolute atomic E-state index is 9.31. The Morgan fingerprint density at radius 2 is 1.41 bits per heavy atom. The molecule has 0 atom stereocenters. The summed E-state index contributed by atoms with van der Waals surface area (Å²) in [5, 5.41) is 14.3. The normalized spacial score (nSPS) is 11.2. The maximum atomic E-state index is 9.31. The summed E-state index contributed by atoms with van der Waals surface area (Å²) in [6.45, 7) is 0. The average molecular weight is 472 g/mol. The molecule has 37 heavy (non-hydrogen) atoms. The maximum Gasteiger partial charge on any atom is 0.0992 e. The molecule has 0 amide bonds. The molecule has 0 aliphatic rings. The smallest absolute Gasteiger partial charge is 0.0992 e. The largest absolute Gasteiger partial charge is 0.309 e. The first kappa shape index (κ1) is 21.1. The number of hydrogen-bond acceptors (Lipinski definition) is 2. The van der Waals surface area contributed by atoms with Crippen molar-refractivity contribution in [3.05, 3.63) is 133 Å². The third-order valence-corrected chi connectivity index (χ3v) is 7.05. The van der Waals surface area contributed by atoms with Crippen molar-refractivity contribution in [2.75, 3.05) is 0 Å². The minimum atomic E-state index is 0.608. The Morgan fingerprint density at radius 3 is 2.30 bits per heavy atom. The lowest BCUT2D eigenvalue weighted by molar-refractivity contribution is 1.18. The van der Waals surface area contributed by atoms with E-state index in [2.05, 4.69) is 119 Å². The van der Waals surface area contributed by atoms with Gasteiger partial charge in [-0.3, -0.25) is 4.98 Å². The van der Waals surface area contributed by atoms with Crippen LogP contribution in [0.1, 0.15) is 5.56 Å². The van der Waals surface area contributed by atoms with E-state index < -0.39 is 0 Å². The molecule has 5 aromatic carbocycles. The molecule has 0 N–H and O–H groups in total. The summed E-state index contributed by atoms with van der Waals surface area (Å²) in [6, 6.07) is 44.5. The molecule has 2 aromatic heterocycles. The summed E-state index contributed by atoms with van der Waals surface area (Å²) >= 11 is 0. The highest BCUT2D eigenvalue weighted by Crippen LogP contribution is 2.38. The molecule has 3 heteroatoms. The zero-order chi connectivity index (χ0) is 24.8. The van der Waals surface area contributed by atoms with Crippen LogP contribution in [0.3, 0.4) is 0 Å². The number of hydrogen-bond donors (Lipinski definition) is 0. The van der Waals surface area contributed by atoms with Gasteiger partial charge in [0.25, 0.3) is 0 Å². The first-order valence-electron chi connectivity index (χ1n) is 12.3. The number of rotatable bonds is 3. The van der Waals surface area contributed by atoms with Crippen LogP contribution in [-0.2, 0) is 0 Å². The van der Waals surface area contributed by atoms with Crippen molar-refractivity contribution in [1.82, 2.24) is 9.55 Å². The lowest BCUT2D eigenvalue weighted by Crippen LogP contribution is -1.93. The summed E-state index contributed by atoms with van der Waals surface area (Å²) in [7, 11) is 0. The van der Waals surface area contributed by atoms with E-state index in [0.717, 1.165) is 28.1 Å². The molecular weight excluding hydrogens is 450 g/mol. The fourth-order valence-electron chi connectivity index (χ4n) is 5.34. The molecule has 0 aliphatic carbocycles. The second-order valence-corrected chi connectivity index (χ2v) is 9.21. The third-order valence-electron chi connectivity index (χ3n) is 7.05. The van der Waals surface area contributed by atoms with Crippen LogP contribution >= 0.6 is 0 Å². The first-order valence-corrected chi connectivity index (χ1v) is 12.3. The number of benzene rings is 5. The Balaban J connectivity index is 1.48. The van der Waals surface area contributed by atoms with Gasteiger partial charge in [0.15, 0.2) is 0 Å². The molecule has 0 radical (unpaired) electrons. The Morgan fingerprint density at radius 1 is 0.595 bits per heavy atom. The standard InChI is InChI=1S/C34H21N3/c35-22-23-17-18-36-31(19-23)27-9-6-8-25(20-27)26-13-15-30-33(21-26)37(28-10-2-1-3-11-28)32-16-14-24-7-4-5-12-29(24)34(30)32/h1-21H. The van der Waals surface area contributed by atoms with Gasteiger partial charge in [-0.15, -0.1) is 0 Å². The number of nitrogens with zero attached hydrogens (tertiary/aromatic N) is 3. The molecule has 2 heterocycles. The molecule has 172 valence electrons. The van der Waals surface area contributed by atoms with Crippen molar-refractivity contribution in [3.8, 4) is 34.1 Å². The number of fused-ring (bicyclic) bond motifs is 5. The summed E-state index contributed by atoms with van der Waals surface area (Å²) in [4.78, 5) is 4.50. The Labute approximate surface area is 214 Å². The minimum Gasteiger partial charge on any atom is -0.309 e. The van der Waals surface area contributed by atoms with E-state index in [1.54, 1.807) is 12.3 Å². The lowest BCUT2D eigenvalue weighted by Gasteiger charge is -2.10. The van der Waals surface area contributed by atoms with Crippen LogP contribution in [-0.4, -0.2) is 9.55 Å². The van der Waals surface area contributed by atoms with Crippen molar-refractivity contribution < 1.29 is 0 Å². The van der Waals surface area contributed by atoms with Gasteiger partial charge < -0.3 is 4.57 Å². The lowest BCUT2D eigenvalue weighted by atomic mass is 9.99. The third kappa shape index (κ3) is 3.47. The first-order chi connectivity index (χ1) is 18.3. The molecular formula is C34H21N3. The van der Waals surface area contributed by atoms with E-state index in [-0.39, 0.29) is 0 Å². The van der Waals surface area contributed by atoms with Gasteiger partial charge in [0.2, 0.25) is 0 Å². The zero-order valence-corrected chi connectivity index (χ0v) is 20.0. The minimum absolute atomic E-state index is 0.608. The van der Waals surface area contributed by atoms with Gasteiger partial charge in [0, 0.05) is 28.2 Å². The molecule has 0 saturated heterocycles. The average Bonchev–Trinajstić information content (AvgIpc) is 3.32. The quantitative estimate of drug-likeness (QED) is 0.259. The molecule has 0 unspecified atom stereocenters. The monoisotopic (exact) mass is 471 g/mol. The van der Waals surface area contributed by atoms with Crippen molar-refractivity contribution >= 4 is 32.6 Å². The molecule has 7 rings (SSSR count). The van der Waals surface area contributed by atoms with Gasteiger partial charge in [-0.05, 0) is 64.4 Å². The van der Waals surface area contributed by atoms with E-state index >= 15 is 0 Å². The van der Waals surface area contributed by atoms with Crippen LogP contribution in [0.2, 0.25) is 0 Å². The molecule has 0 fully saturated rings. The topological polar surface area (TPSA) is 41.6 Å². The Hall–Kier alpha value is -5.20. The molecule has 3 nitrogen and oxygen atoms in total. The van der Waals surface area contributed by atoms with Crippen molar-refractivity contribution in [2.24, 2.45) is 0 Å². The summed E-state index contributed by atoms with van der Waals surface area (Å²) in [5.74, 6) is 0. The van der Waals surface area contributed by atoms with E-state index in [1.165, 1.54) is 32.6 Å². The van der Waals surface area contributed by atoms with Gasteiger partial charge in [-0.1, -0.05) is 78.9 Å². The van der Waals surface area contributed by atoms with Gasteiger partial charge in [0.05, 0.1) is 28.4 Å². The zero-order valence-electron chi connectivity index (χ0n) is 20.0. The Kier molecular flexibility index (Phi) is 4.84. The van der Waals surface area contributed by atoms with Crippen LogP contribution in [0.25, 0.3) is 60.6 Å². The second-order valence-electron chi connectivity index (χ2n) is 9.21. The number of aromatic nitrogens is 2. The van der Waals surface area contributed by atoms with Crippen LogP contribution in [0.15, 0.2) is 128 Å². The van der Waals surface area contributed by atoms with E-state index in [1.807, 2.05) is 12.1 Å². The van der Waals surface area contributed by atoms with Crippen molar-refractivity contribution in [3.63, 3.8) is 0 Å². The van der Waals surface area contributed by atoms with Gasteiger partial charge in [-0.25, -0.2) is 0 Å². The van der Waals surface area contributed by atoms with Crippen molar-refractivity contribution in [1.29, 1.82) is 5.26 Å². The molecule has 0 saturated carbocycles. The highest BCUT2D eigenvalue weighted by molar-refractivity contribution is 6.21. The second kappa shape index (κ2) is 8.48. The van der Waals surface area contributed by atoms with Crippen molar-refractivity contribution in [2.45, 2.75) is 0 Å². The predicted octanol–water partition coefficient (Wildman–Crippen LogP) is 8.54.